The van der Waals surface area contributed by atoms with E-state index in [0.717, 1.165) is 12.8 Å². The second kappa shape index (κ2) is 6.36. The molecule has 1 unspecified atom stereocenters. The van der Waals surface area contributed by atoms with E-state index in [0.29, 0.717) is 32.0 Å². The van der Waals surface area contributed by atoms with Crippen molar-refractivity contribution >= 4 is 5.91 Å². The lowest BCUT2D eigenvalue weighted by Gasteiger charge is -2.33. The number of hydrogen-bond donors (Lipinski definition) is 2. The van der Waals surface area contributed by atoms with E-state index in [2.05, 4.69) is 19.2 Å². The monoisotopic (exact) mass is 242 g/mol. The van der Waals surface area contributed by atoms with E-state index in [-0.39, 0.29) is 11.9 Å². The van der Waals surface area contributed by atoms with E-state index in [9.17, 15) is 4.79 Å². The molecule has 0 aromatic rings. The van der Waals surface area contributed by atoms with Gasteiger partial charge in [-0.3, -0.25) is 4.79 Å². The normalized spacial score (nSPS) is 21.2. The van der Waals surface area contributed by atoms with Gasteiger partial charge in [0.15, 0.2) is 0 Å². The highest BCUT2D eigenvalue weighted by molar-refractivity contribution is 5.86. The summed E-state index contributed by atoms with van der Waals surface area (Å²) in [7, 11) is 0. The Labute approximate surface area is 104 Å². The Balaban J connectivity index is 2.36. The first-order chi connectivity index (χ1) is 7.94. The average Bonchev–Trinajstić information content (AvgIpc) is 2.27. The van der Waals surface area contributed by atoms with Crippen molar-refractivity contribution < 1.29 is 9.53 Å². The molecule has 0 spiro atoms. The highest BCUT2D eigenvalue weighted by Crippen LogP contribution is 2.18. The van der Waals surface area contributed by atoms with Crippen molar-refractivity contribution in [1.29, 1.82) is 0 Å². The molecule has 100 valence electrons. The Morgan fingerprint density at radius 1 is 1.29 bits per heavy atom. The first kappa shape index (κ1) is 14.5. The van der Waals surface area contributed by atoms with Gasteiger partial charge < -0.3 is 15.8 Å². The maximum atomic E-state index is 12.1. The zero-order valence-electron chi connectivity index (χ0n) is 11.3. The number of rotatable bonds is 5. The van der Waals surface area contributed by atoms with Crippen molar-refractivity contribution in [2.45, 2.75) is 58.0 Å². The molecule has 4 heteroatoms. The lowest BCUT2D eigenvalue weighted by atomic mass is 9.90. The summed E-state index contributed by atoms with van der Waals surface area (Å²) < 4.78 is 5.24. The SMILES string of the molecule is CC(C)CCC(C)NC(=O)C1(N)CCOCC1. The molecule has 1 fully saturated rings. The zero-order valence-corrected chi connectivity index (χ0v) is 11.3. The molecule has 0 aromatic carbocycles. The minimum atomic E-state index is -0.718. The van der Waals surface area contributed by atoms with Crippen LogP contribution < -0.4 is 11.1 Å². The van der Waals surface area contributed by atoms with Crippen molar-refractivity contribution in [1.82, 2.24) is 5.32 Å². The summed E-state index contributed by atoms with van der Waals surface area (Å²) in [5.41, 5.74) is 5.40. The molecule has 0 aromatic heterocycles. The first-order valence-electron chi connectivity index (χ1n) is 6.61. The average molecular weight is 242 g/mol. The molecular formula is C13H26N2O2. The molecule has 1 aliphatic heterocycles. The minimum absolute atomic E-state index is 0.0166. The third-order valence-corrected chi connectivity index (χ3v) is 3.39. The number of nitrogens with one attached hydrogen (secondary N) is 1. The highest BCUT2D eigenvalue weighted by Gasteiger charge is 2.36. The summed E-state index contributed by atoms with van der Waals surface area (Å²) >= 11 is 0. The van der Waals surface area contributed by atoms with Gasteiger partial charge in [0, 0.05) is 19.3 Å². The maximum absolute atomic E-state index is 12.1. The fraction of sp³-hybridized carbons (Fsp3) is 0.923. The number of hydrogen-bond acceptors (Lipinski definition) is 3. The third kappa shape index (κ3) is 4.64. The first-order valence-corrected chi connectivity index (χ1v) is 6.61. The number of carbonyl (C=O) groups is 1. The molecular weight excluding hydrogens is 216 g/mol. The molecule has 1 heterocycles. The highest BCUT2D eigenvalue weighted by atomic mass is 16.5. The van der Waals surface area contributed by atoms with Gasteiger partial charge in [-0.2, -0.15) is 0 Å². The molecule has 0 saturated carbocycles. The summed E-state index contributed by atoms with van der Waals surface area (Å²) in [6.07, 6.45) is 3.38. The van der Waals surface area contributed by atoms with Crippen molar-refractivity contribution in [3.8, 4) is 0 Å². The molecule has 1 saturated heterocycles. The molecule has 3 N–H and O–H groups in total. The van der Waals surface area contributed by atoms with Gasteiger partial charge in [-0.25, -0.2) is 0 Å². The molecule has 4 nitrogen and oxygen atoms in total. The quantitative estimate of drug-likeness (QED) is 0.766. The molecule has 0 bridgehead atoms. The smallest absolute Gasteiger partial charge is 0.240 e. The van der Waals surface area contributed by atoms with Crippen LogP contribution in [0.3, 0.4) is 0 Å². The van der Waals surface area contributed by atoms with E-state index in [1.54, 1.807) is 0 Å². The summed E-state index contributed by atoms with van der Waals surface area (Å²) in [5, 5.41) is 3.03. The Morgan fingerprint density at radius 3 is 2.41 bits per heavy atom. The zero-order chi connectivity index (χ0) is 12.9. The van der Waals surface area contributed by atoms with E-state index in [1.807, 2.05) is 6.92 Å². The molecule has 17 heavy (non-hydrogen) atoms. The van der Waals surface area contributed by atoms with Crippen LogP contribution in [0.25, 0.3) is 0 Å². The summed E-state index contributed by atoms with van der Waals surface area (Å²) in [4.78, 5) is 12.1. The summed E-state index contributed by atoms with van der Waals surface area (Å²) in [5.74, 6) is 0.654. The predicted octanol–water partition coefficient (Wildman–Crippen LogP) is 1.44. The van der Waals surface area contributed by atoms with Gasteiger partial charge in [-0.15, -0.1) is 0 Å². The second-order valence-electron chi connectivity index (χ2n) is 5.61. The van der Waals surface area contributed by atoms with Crippen LogP contribution in [0.5, 0.6) is 0 Å². The second-order valence-corrected chi connectivity index (χ2v) is 5.61. The number of ether oxygens (including phenoxy) is 1. The van der Waals surface area contributed by atoms with E-state index < -0.39 is 5.54 Å². The molecule has 0 radical (unpaired) electrons. The standard InChI is InChI=1S/C13H26N2O2/c1-10(2)4-5-11(3)15-12(16)13(14)6-8-17-9-7-13/h10-11H,4-9,14H2,1-3H3,(H,15,16). The van der Waals surface area contributed by atoms with Crippen molar-refractivity contribution in [3.05, 3.63) is 0 Å². The van der Waals surface area contributed by atoms with Crippen LogP contribution in [-0.2, 0) is 9.53 Å². The maximum Gasteiger partial charge on any atom is 0.240 e. The van der Waals surface area contributed by atoms with Crippen LogP contribution in [0.2, 0.25) is 0 Å². The summed E-state index contributed by atoms with van der Waals surface area (Å²) in [6, 6.07) is 0.202. The molecule has 0 aliphatic carbocycles. The van der Waals surface area contributed by atoms with Gasteiger partial charge in [0.05, 0.1) is 5.54 Å². The summed E-state index contributed by atoms with van der Waals surface area (Å²) in [6.45, 7) is 7.60. The van der Waals surface area contributed by atoms with E-state index in [4.69, 9.17) is 10.5 Å². The van der Waals surface area contributed by atoms with Crippen molar-refractivity contribution in [3.63, 3.8) is 0 Å². The van der Waals surface area contributed by atoms with Crippen LogP contribution in [0, 0.1) is 5.92 Å². The Kier molecular flexibility index (Phi) is 5.40. The number of carbonyl (C=O) groups excluding carboxylic acids is 1. The van der Waals surface area contributed by atoms with Gasteiger partial charge in [0.2, 0.25) is 5.91 Å². The lowest BCUT2D eigenvalue weighted by molar-refractivity contribution is -0.130. The molecule has 1 amide bonds. The van der Waals surface area contributed by atoms with Crippen LogP contribution in [0.4, 0.5) is 0 Å². The number of amides is 1. The Morgan fingerprint density at radius 2 is 1.88 bits per heavy atom. The fourth-order valence-corrected chi connectivity index (χ4v) is 1.99. The van der Waals surface area contributed by atoms with Gasteiger partial charge in [-0.1, -0.05) is 13.8 Å². The van der Waals surface area contributed by atoms with Gasteiger partial charge in [0.1, 0.15) is 0 Å². The lowest BCUT2D eigenvalue weighted by Crippen LogP contribution is -2.58. The molecule has 1 aliphatic rings. The number of nitrogens with two attached hydrogens (primary N) is 1. The third-order valence-electron chi connectivity index (χ3n) is 3.39. The minimum Gasteiger partial charge on any atom is -0.381 e. The predicted molar refractivity (Wildman–Crippen MR) is 68.6 cm³/mol. The topological polar surface area (TPSA) is 64.4 Å². The van der Waals surface area contributed by atoms with Crippen LogP contribution in [-0.4, -0.2) is 30.7 Å². The van der Waals surface area contributed by atoms with Crippen LogP contribution in [0.1, 0.15) is 46.5 Å². The molecule has 1 rings (SSSR count). The van der Waals surface area contributed by atoms with E-state index >= 15 is 0 Å². The van der Waals surface area contributed by atoms with Crippen molar-refractivity contribution in [2.75, 3.05) is 13.2 Å². The Bertz CT molecular complexity index is 248. The van der Waals surface area contributed by atoms with Crippen molar-refractivity contribution in [2.24, 2.45) is 11.7 Å². The largest absolute Gasteiger partial charge is 0.381 e. The van der Waals surface area contributed by atoms with Gasteiger partial charge in [0.25, 0.3) is 0 Å². The molecule has 1 atom stereocenters. The van der Waals surface area contributed by atoms with Gasteiger partial charge in [-0.05, 0) is 38.5 Å². The van der Waals surface area contributed by atoms with Crippen LogP contribution in [0.15, 0.2) is 0 Å². The van der Waals surface area contributed by atoms with E-state index in [1.165, 1.54) is 0 Å². The van der Waals surface area contributed by atoms with Gasteiger partial charge >= 0.3 is 0 Å². The fourth-order valence-electron chi connectivity index (χ4n) is 1.99. The van der Waals surface area contributed by atoms with Crippen LogP contribution >= 0.6 is 0 Å². The Hall–Kier alpha value is -0.610.